The third-order valence-corrected chi connectivity index (χ3v) is 3.79. The van der Waals surface area contributed by atoms with E-state index >= 15 is 0 Å². The van der Waals surface area contributed by atoms with Gasteiger partial charge in [0.2, 0.25) is 0 Å². The third kappa shape index (κ3) is 2.39. The van der Waals surface area contributed by atoms with Crippen LogP contribution >= 0.6 is 11.3 Å². The summed E-state index contributed by atoms with van der Waals surface area (Å²) in [6.07, 6.45) is 1.61. The molecule has 2 aromatic heterocycles. The molecule has 2 nitrogen and oxygen atoms in total. The number of aromatic nitrogens is 1. The number of carbonyl (C=O) groups is 1. The van der Waals surface area contributed by atoms with Crippen molar-refractivity contribution in [3.05, 3.63) is 64.9 Å². The fourth-order valence-electron chi connectivity index (χ4n) is 1.92. The molecule has 0 N–H and O–H groups in total. The summed E-state index contributed by atoms with van der Waals surface area (Å²) in [5.41, 5.74) is 1.82. The van der Waals surface area contributed by atoms with Crippen molar-refractivity contribution in [1.82, 2.24) is 4.98 Å². The summed E-state index contributed by atoms with van der Waals surface area (Å²) in [7, 11) is 0. The average Bonchev–Trinajstić information content (AvgIpc) is 2.88. The predicted octanol–water partition coefficient (Wildman–Crippen LogP) is 3.86. The van der Waals surface area contributed by atoms with Gasteiger partial charge in [0.1, 0.15) is 5.82 Å². The molecule has 3 rings (SSSR count). The molecule has 0 aliphatic rings. The highest BCUT2D eigenvalue weighted by Gasteiger charge is 2.11. The van der Waals surface area contributed by atoms with Crippen molar-refractivity contribution >= 4 is 27.3 Å². The minimum atomic E-state index is -0.346. The Morgan fingerprint density at radius 1 is 1.26 bits per heavy atom. The van der Waals surface area contributed by atoms with Crippen molar-refractivity contribution in [2.75, 3.05) is 0 Å². The predicted molar refractivity (Wildman–Crippen MR) is 74.1 cm³/mol. The molecule has 0 radical (unpaired) electrons. The quantitative estimate of drug-likeness (QED) is 0.677. The lowest BCUT2D eigenvalue weighted by Crippen LogP contribution is -2.05. The van der Waals surface area contributed by atoms with E-state index in [4.69, 9.17) is 0 Å². The Kier molecular flexibility index (Phi) is 3.09. The monoisotopic (exact) mass is 271 g/mol. The van der Waals surface area contributed by atoms with E-state index in [0.29, 0.717) is 11.1 Å². The van der Waals surface area contributed by atoms with Crippen molar-refractivity contribution in [1.29, 1.82) is 0 Å². The molecule has 0 aliphatic heterocycles. The summed E-state index contributed by atoms with van der Waals surface area (Å²) >= 11 is 1.54. The number of halogens is 1. The maximum atomic E-state index is 13.5. The number of benzene rings is 1. The van der Waals surface area contributed by atoms with Gasteiger partial charge in [0.05, 0.1) is 10.2 Å². The smallest absolute Gasteiger partial charge is 0.168 e. The standard InChI is InChI=1S/C15H10FNOS/c16-12-4-2-1-3-10(12)7-14(18)11-8-15-13(17-9-11)5-6-19-15/h1-6,8-9H,7H2. The SMILES string of the molecule is O=C(Cc1ccccc1F)c1cnc2ccsc2c1. The number of ketones is 1. The molecule has 1 aromatic carbocycles. The van der Waals surface area contributed by atoms with Gasteiger partial charge in [-0.15, -0.1) is 11.3 Å². The van der Waals surface area contributed by atoms with Crippen LogP contribution in [0.25, 0.3) is 10.2 Å². The first-order valence-corrected chi connectivity index (χ1v) is 6.72. The number of rotatable bonds is 3. The van der Waals surface area contributed by atoms with E-state index in [1.54, 1.807) is 24.4 Å². The molecular weight excluding hydrogens is 261 g/mol. The number of fused-ring (bicyclic) bond motifs is 1. The van der Waals surface area contributed by atoms with Gasteiger partial charge >= 0.3 is 0 Å². The van der Waals surface area contributed by atoms with Crippen molar-refractivity contribution in [2.24, 2.45) is 0 Å². The molecular formula is C15H10FNOS. The molecule has 0 unspecified atom stereocenters. The second kappa shape index (κ2) is 4.90. The highest BCUT2D eigenvalue weighted by molar-refractivity contribution is 7.17. The van der Waals surface area contributed by atoms with E-state index in [2.05, 4.69) is 4.98 Å². The zero-order valence-corrected chi connectivity index (χ0v) is 10.8. The van der Waals surface area contributed by atoms with Gasteiger partial charge in [-0.25, -0.2) is 4.39 Å². The Hall–Kier alpha value is -2.07. The van der Waals surface area contributed by atoms with Crippen LogP contribution in [0, 0.1) is 5.82 Å². The average molecular weight is 271 g/mol. The summed E-state index contributed by atoms with van der Waals surface area (Å²) in [6, 6.07) is 10.1. The second-order valence-electron chi connectivity index (χ2n) is 4.22. The lowest BCUT2D eigenvalue weighted by molar-refractivity contribution is 0.0991. The molecule has 94 valence electrons. The van der Waals surface area contributed by atoms with Gasteiger partial charge in [0.25, 0.3) is 0 Å². The van der Waals surface area contributed by atoms with Crippen molar-refractivity contribution in [3.8, 4) is 0 Å². The largest absolute Gasteiger partial charge is 0.294 e. The summed E-state index contributed by atoms with van der Waals surface area (Å²) in [4.78, 5) is 16.4. The third-order valence-electron chi connectivity index (χ3n) is 2.93. The van der Waals surface area contributed by atoms with Gasteiger partial charge in [0.15, 0.2) is 5.78 Å². The molecule has 4 heteroatoms. The zero-order chi connectivity index (χ0) is 13.2. The highest BCUT2D eigenvalue weighted by Crippen LogP contribution is 2.20. The molecule has 0 amide bonds. The number of hydrogen-bond donors (Lipinski definition) is 0. The van der Waals surface area contributed by atoms with Crippen LogP contribution < -0.4 is 0 Å². The maximum absolute atomic E-state index is 13.5. The Bertz CT molecular complexity index is 750. The van der Waals surface area contributed by atoms with Gasteiger partial charge in [-0.05, 0) is 29.1 Å². The molecule has 2 heterocycles. The molecule has 0 spiro atoms. The molecule has 0 bridgehead atoms. The summed E-state index contributed by atoms with van der Waals surface area (Å²) in [5.74, 6) is -0.464. The Balaban J connectivity index is 1.89. The Morgan fingerprint density at radius 3 is 2.95 bits per heavy atom. The first-order chi connectivity index (χ1) is 9.24. The first kappa shape index (κ1) is 12.0. The Morgan fingerprint density at radius 2 is 2.11 bits per heavy atom. The van der Waals surface area contributed by atoms with E-state index in [-0.39, 0.29) is 18.0 Å². The van der Waals surface area contributed by atoms with Crippen LogP contribution in [-0.4, -0.2) is 10.8 Å². The number of nitrogens with zero attached hydrogens (tertiary/aromatic N) is 1. The minimum absolute atomic E-state index is 0.0607. The fraction of sp³-hybridized carbons (Fsp3) is 0.0667. The molecule has 0 saturated heterocycles. The van der Waals surface area contributed by atoms with Crippen LogP contribution in [0.3, 0.4) is 0 Å². The van der Waals surface area contributed by atoms with E-state index in [0.717, 1.165) is 10.2 Å². The molecule has 3 aromatic rings. The van der Waals surface area contributed by atoms with Crippen LogP contribution in [0.1, 0.15) is 15.9 Å². The van der Waals surface area contributed by atoms with Crippen LogP contribution in [-0.2, 0) is 6.42 Å². The van der Waals surface area contributed by atoms with Gasteiger partial charge < -0.3 is 0 Å². The number of Topliss-reactive ketones (excluding diaryl/α,β-unsaturated/α-hetero) is 1. The molecule has 0 atom stereocenters. The second-order valence-corrected chi connectivity index (χ2v) is 5.17. The molecule has 0 saturated carbocycles. The number of pyridine rings is 1. The number of carbonyl (C=O) groups excluding carboxylic acids is 1. The molecule has 0 aliphatic carbocycles. The lowest BCUT2D eigenvalue weighted by Gasteiger charge is -2.02. The molecule has 0 fully saturated rings. The van der Waals surface area contributed by atoms with Crippen molar-refractivity contribution < 1.29 is 9.18 Å². The van der Waals surface area contributed by atoms with Crippen LogP contribution in [0.15, 0.2) is 48.0 Å². The van der Waals surface area contributed by atoms with Gasteiger partial charge in [0, 0.05) is 18.2 Å². The number of hydrogen-bond acceptors (Lipinski definition) is 3. The summed E-state index contributed by atoms with van der Waals surface area (Å²) in [5, 5.41) is 1.93. The normalized spacial score (nSPS) is 10.8. The van der Waals surface area contributed by atoms with Crippen molar-refractivity contribution in [3.63, 3.8) is 0 Å². The first-order valence-electron chi connectivity index (χ1n) is 5.84. The highest BCUT2D eigenvalue weighted by atomic mass is 32.1. The minimum Gasteiger partial charge on any atom is -0.294 e. The van der Waals surface area contributed by atoms with Gasteiger partial charge in [-0.2, -0.15) is 0 Å². The van der Waals surface area contributed by atoms with Gasteiger partial charge in [-0.1, -0.05) is 18.2 Å². The zero-order valence-electron chi connectivity index (χ0n) is 9.97. The van der Waals surface area contributed by atoms with E-state index in [1.807, 2.05) is 17.5 Å². The summed E-state index contributed by atoms with van der Waals surface area (Å²) < 4.78 is 14.5. The van der Waals surface area contributed by atoms with Crippen LogP contribution in [0.2, 0.25) is 0 Å². The Labute approximate surface area is 113 Å². The summed E-state index contributed by atoms with van der Waals surface area (Å²) in [6.45, 7) is 0. The topological polar surface area (TPSA) is 30.0 Å². The van der Waals surface area contributed by atoms with E-state index in [9.17, 15) is 9.18 Å². The van der Waals surface area contributed by atoms with Crippen LogP contribution in [0.4, 0.5) is 4.39 Å². The fourth-order valence-corrected chi connectivity index (χ4v) is 2.70. The van der Waals surface area contributed by atoms with Crippen molar-refractivity contribution in [2.45, 2.75) is 6.42 Å². The lowest BCUT2D eigenvalue weighted by atomic mass is 10.0. The van der Waals surface area contributed by atoms with E-state index in [1.165, 1.54) is 17.4 Å². The molecule has 19 heavy (non-hydrogen) atoms. The van der Waals surface area contributed by atoms with Gasteiger partial charge in [-0.3, -0.25) is 9.78 Å². The number of thiophene rings is 1. The van der Waals surface area contributed by atoms with Crippen LogP contribution in [0.5, 0.6) is 0 Å². The van der Waals surface area contributed by atoms with E-state index < -0.39 is 0 Å². The maximum Gasteiger partial charge on any atom is 0.168 e.